The summed E-state index contributed by atoms with van der Waals surface area (Å²) >= 11 is 0. The molecule has 204 valence electrons. The van der Waals surface area contributed by atoms with Crippen LogP contribution in [0.15, 0.2) is 108 Å². The van der Waals surface area contributed by atoms with E-state index in [9.17, 15) is 14.4 Å². The molecule has 0 saturated carbocycles. The lowest BCUT2D eigenvalue weighted by molar-refractivity contribution is -0.120. The van der Waals surface area contributed by atoms with Gasteiger partial charge >= 0.3 is 5.97 Å². The standard InChI is InChI=1S/C33H27N3O5/c1-2-40-25-17-14-24(15-18-25)33(39)41-30-19-16-23-9-4-6-12-27(23)29(30)20-35-36-31(37)21-34-32(38)28-13-7-10-22-8-3-5-11-26(22)28/h3-20H,2,21H2,1H3,(H,34,38)(H,36,37)/b35-20-. The summed E-state index contributed by atoms with van der Waals surface area (Å²) in [7, 11) is 0. The summed E-state index contributed by atoms with van der Waals surface area (Å²) < 4.78 is 11.2. The zero-order chi connectivity index (χ0) is 28.6. The second-order valence-corrected chi connectivity index (χ2v) is 9.05. The van der Waals surface area contributed by atoms with Gasteiger partial charge in [0.05, 0.1) is 24.9 Å². The molecule has 0 heterocycles. The van der Waals surface area contributed by atoms with Crippen molar-refractivity contribution in [3.63, 3.8) is 0 Å². The molecule has 0 spiro atoms. The Labute approximate surface area is 236 Å². The fraction of sp³-hybridized carbons (Fsp3) is 0.0909. The Kier molecular flexibility index (Phi) is 8.30. The smallest absolute Gasteiger partial charge is 0.343 e. The number of hydrogen-bond acceptors (Lipinski definition) is 6. The molecule has 2 amide bonds. The summed E-state index contributed by atoms with van der Waals surface area (Å²) in [4.78, 5) is 38.1. The molecule has 0 atom stereocenters. The second-order valence-electron chi connectivity index (χ2n) is 9.05. The Hall–Kier alpha value is -5.50. The van der Waals surface area contributed by atoms with Crippen LogP contribution in [0, 0.1) is 0 Å². The third-order valence-corrected chi connectivity index (χ3v) is 6.36. The van der Waals surface area contributed by atoms with E-state index in [1.807, 2.05) is 67.6 Å². The summed E-state index contributed by atoms with van der Waals surface area (Å²) in [6.45, 7) is 2.14. The highest BCUT2D eigenvalue weighted by molar-refractivity contribution is 6.08. The minimum absolute atomic E-state index is 0.269. The lowest BCUT2D eigenvalue weighted by Crippen LogP contribution is -2.35. The number of rotatable bonds is 9. The van der Waals surface area contributed by atoms with Crippen LogP contribution in [0.4, 0.5) is 0 Å². The lowest BCUT2D eigenvalue weighted by Gasteiger charge is -2.11. The van der Waals surface area contributed by atoms with Gasteiger partial charge in [-0.25, -0.2) is 10.2 Å². The fourth-order valence-electron chi connectivity index (χ4n) is 4.40. The van der Waals surface area contributed by atoms with E-state index in [1.54, 1.807) is 42.5 Å². The van der Waals surface area contributed by atoms with Crippen molar-refractivity contribution < 1.29 is 23.9 Å². The topological polar surface area (TPSA) is 106 Å². The van der Waals surface area contributed by atoms with Crippen LogP contribution in [-0.2, 0) is 4.79 Å². The number of amides is 2. The first-order valence-corrected chi connectivity index (χ1v) is 13.1. The van der Waals surface area contributed by atoms with Gasteiger partial charge in [-0.15, -0.1) is 0 Å². The van der Waals surface area contributed by atoms with E-state index in [2.05, 4.69) is 15.8 Å². The Bertz CT molecular complexity index is 1760. The van der Waals surface area contributed by atoms with Crippen LogP contribution in [-0.4, -0.2) is 37.1 Å². The van der Waals surface area contributed by atoms with E-state index in [0.29, 0.717) is 29.0 Å². The molecule has 41 heavy (non-hydrogen) atoms. The van der Waals surface area contributed by atoms with Crippen molar-refractivity contribution in [3.8, 4) is 11.5 Å². The number of hydrazone groups is 1. The Morgan fingerprint density at radius 3 is 2.22 bits per heavy atom. The van der Waals surface area contributed by atoms with Gasteiger partial charge in [0.1, 0.15) is 11.5 Å². The normalized spacial score (nSPS) is 11.0. The predicted octanol–water partition coefficient (Wildman–Crippen LogP) is 5.49. The van der Waals surface area contributed by atoms with Gasteiger partial charge in [-0.05, 0) is 64.9 Å². The number of ether oxygens (including phenoxy) is 2. The number of hydrogen-bond donors (Lipinski definition) is 2. The van der Waals surface area contributed by atoms with Crippen LogP contribution < -0.4 is 20.2 Å². The largest absolute Gasteiger partial charge is 0.494 e. The van der Waals surface area contributed by atoms with Gasteiger partial charge in [-0.3, -0.25) is 9.59 Å². The predicted molar refractivity (Wildman–Crippen MR) is 159 cm³/mol. The molecule has 0 saturated heterocycles. The van der Waals surface area contributed by atoms with E-state index >= 15 is 0 Å². The highest BCUT2D eigenvalue weighted by atomic mass is 16.5. The van der Waals surface area contributed by atoms with E-state index in [4.69, 9.17) is 9.47 Å². The number of esters is 1. The molecule has 0 aliphatic heterocycles. The average Bonchev–Trinajstić information content (AvgIpc) is 3.01. The van der Waals surface area contributed by atoms with Crippen LogP contribution in [0.5, 0.6) is 11.5 Å². The van der Waals surface area contributed by atoms with Gasteiger partial charge in [0.25, 0.3) is 11.8 Å². The minimum atomic E-state index is -0.543. The molecular weight excluding hydrogens is 518 g/mol. The highest BCUT2D eigenvalue weighted by Crippen LogP contribution is 2.28. The molecule has 0 aliphatic rings. The molecule has 5 aromatic rings. The maximum Gasteiger partial charge on any atom is 0.343 e. The van der Waals surface area contributed by atoms with Gasteiger partial charge in [-0.1, -0.05) is 66.7 Å². The van der Waals surface area contributed by atoms with Crippen molar-refractivity contribution in [2.75, 3.05) is 13.2 Å². The molecule has 0 fully saturated rings. The minimum Gasteiger partial charge on any atom is -0.494 e. The first-order chi connectivity index (χ1) is 20.0. The summed E-state index contributed by atoms with van der Waals surface area (Å²) in [5.74, 6) is -0.476. The maximum absolute atomic E-state index is 12.9. The average molecular weight is 546 g/mol. The van der Waals surface area contributed by atoms with Crippen LogP contribution >= 0.6 is 0 Å². The Balaban J connectivity index is 1.28. The third-order valence-electron chi connectivity index (χ3n) is 6.36. The molecule has 0 aromatic heterocycles. The first kappa shape index (κ1) is 27.1. The summed E-state index contributed by atoms with van der Waals surface area (Å²) in [6.07, 6.45) is 1.42. The number of carbonyl (C=O) groups is 3. The number of carbonyl (C=O) groups excluding carboxylic acids is 3. The van der Waals surface area contributed by atoms with Gasteiger partial charge in [0.2, 0.25) is 0 Å². The Morgan fingerprint density at radius 2 is 1.46 bits per heavy atom. The monoisotopic (exact) mass is 545 g/mol. The highest BCUT2D eigenvalue weighted by Gasteiger charge is 2.15. The van der Waals surface area contributed by atoms with Gasteiger partial charge in [0, 0.05) is 11.1 Å². The second kappa shape index (κ2) is 12.6. The van der Waals surface area contributed by atoms with Crippen molar-refractivity contribution in [1.29, 1.82) is 0 Å². The number of fused-ring (bicyclic) bond motifs is 2. The molecule has 5 aromatic carbocycles. The fourth-order valence-corrected chi connectivity index (χ4v) is 4.40. The first-order valence-electron chi connectivity index (χ1n) is 13.1. The van der Waals surface area contributed by atoms with Crippen molar-refractivity contribution in [2.24, 2.45) is 5.10 Å². The van der Waals surface area contributed by atoms with E-state index in [1.165, 1.54) is 6.21 Å². The maximum atomic E-state index is 12.9. The molecule has 0 aliphatic carbocycles. The van der Waals surface area contributed by atoms with Crippen LogP contribution in [0.25, 0.3) is 21.5 Å². The molecule has 8 nitrogen and oxygen atoms in total. The lowest BCUT2D eigenvalue weighted by atomic mass is 10.0. The van der Waals surface area contributed by atoms with Crippen LogP contribution in [0.1, 0.15) is 33.2 Å². The zero-order valence-corrected chi connectivity index (χ0v) is 22.3. The van der Waals surface area contributed by atoms with Crippen molar-refractivity contribution >= 4 is 45.5 Å². The van der Waals surface area contributed by atoms with Crippen molar-refractivity contribution in [2.45, 2.75) is 6.92 Å². The molecular formula is C33H27N3O5. The van der Waals surface area contributed by atoms with Gasteiger partial charge in [0.15, 0.2) is 0 Å². The third kappa shape index (κ3) is 6.39. The number of benzene rings is 5. The van der Waals surface area contributed by atoms with E-state index in [-0.39, 0.29) is 18.2 Å². The zero-order valence-electron chi connectivity index (χ0n) is 22.3. The van der Waals surface area contributed by atoms with Crippen LogP contribution in [0.2, 0.25) is 0 Å². The number of nitrogens with one attached hydrogen (secondary N) is 2. The van der Waals surface area contributed by atoms with Gasteiger partial charge < -0.3 is 14.8 Å². The van der Waals surface area contributed by atoms with Crippen LogP contribution in [0.3, 0.4) is 0 Å². The summed E-state index contributed by atoms with van der Waals surface area (Å²) in [5, 5.41) is 10.1. The summed E-state index contributed by atoms with van der Waals surface area (Å²) in [5.41, 5.74) is 3.79. The Morgan fingerprint density at radius 1 is 0.780 bits per heavy atom. The molecule has 0 bridgehead atoms. The van der Waals surface area contributed by atoms with E-state index in [0.717, 1.165) is 21.5 Å². The molecule has 0 radical (unpaired) electrons. The van der Waals surface area contributed by atoms with E-state index < -0.39 is 11.9 Å². The molecule has 5 rings (SSSR count). The molecule has 8 heteroatoms. The van der Waals surface area contributed by atoms with Gasteiger partial charge in [-0.2, -0.15) is 5.10 Å². The molecule has 2 N–H and O–H groups in total. The van der Waals surface area contributed by atoms with Crippen molar-refractivity contribution in [1.82, 2.24) is 10.7 Å². The number of nitrogens with zero attached hydrogens (tertiary/aromatic N) is 1. The SMILES string of the molecule is CCOc1ccc(C(=O)Oc2ccc3ccccc3c2/C=N\NC(=O)CNC(=O)c2cccc3ccccc23)cc1. The summed E-state index contributed by atoms with van der Waals surface area (Å²) in [6, 6.07) is 30.7. The quantitative estimate of drug-likeness (QED) is 0.110. The van der Waals surface area contributed by atoms with Crippen molar-refractivity contribution in [3.05, 3.63) is 120 Å². The molecule has 0 unspecified atom stereocenters.